The van der Waals surface area contributed by atoms with Crippen molar-refractivity contribution in [3.63, 3.8) is 0 Å². The van der Waals surface area contributed by atoms with Crippen molar-refractivity contribution in [2.24, 2.45) is 15.0 Å². The SMILES string of the molecule is Cc1cc(C)c(C=NCCN(CCN=Cc2[nH]c(C)cc2C)CCN=Cc2[nH]c(C)cc2C)[nH]1. The van der Waals surface area contributed by atoms with E-state index in [-0.39, 0.29) is 0 Å². The van der Waals surface area contributed by atoms with E-state index in [1.807, 2.05) is 18.6 Å². The van der Waals surface area contributed by atoms with Crippen LogP contribution < -0.4 is 0 Å². The van der Waals surface area contributed by atoms with E-state index in [2.05, 4.69) is 94.6 Å². The second-order valence-corrected chi connectivity index (χ2v) is 9.09. The van der Waals surface area contributed by atoms with Gasteiger partial charge >= 0.3 is 0 Å². The highest BCUT2D eigenvalue weighted by atomic mass is 15.1. The summed E-state index contributed by atoms with van der Waals surface area (Å²) in [5.41, 5.74) is 10.4. The number of rotatable bonds is 12. The Morgan fingerprint density at radius 2 is 0.853 bits per heavy atom. The number of H-pyrrole nitrogens is 3. The van der Waals surface area contributed by atoms with Crippen molar-refractivity contribution < 1.29 is 0 Å². The molecule has 182 valence electrons. The van der Waals surface area contributed by atoms with Gasteiger partial charge in [-0.25, -0.2) is 0 Å². The summed E-state index contributed by atoms with van der Waals surface area (Å²) in [5.74, 6) is 0. The average Bonchev–Trinajstić information content (AvgIpc) is 3.39. The summed E-state index contributed by atoms with van der Waals surface area (Å²) in [6.45, 7) is 17.4. The van der Waals surface area contributed by atoms with E-state index in [9.17, 15) is 0 Å². The van der Waals surface area contributed by atoms with Crippen LogP contribution in [-0.4, -0.2) is 77.8 Å². The Morgan fingerprint density at radius 3 is 1.09 bits per heavy atom. The molecule has 3 heterocycles. The van der Waals surface area contributed by atoms with E-state index in [4.69, 9.17) is 0 Å². The van der Waals surface area contributed by atoms with Crippen molar-refractivity contribution in [1.29, 1.82) is 0 Å². The number of hydrogen-bond donors (Lipinski definition) is 3. The van der Waals surface area contributed by atoms with Crippen LogP contribution >= 0.6 is 0 Å². The van der Waals surface area contributed by atoms with E-state index in [1.54, 1.807) is 0 Å². The third kappa shape index (κ3) is 7.70. The van der Waals surface area contributed by atoms with Gasteiger partial charge in [0.15, 0.2) is 0 Å². The molecule has 0 spiro atoms. The lowest BCUT2D eigenvalue weighted by Crippen LogP contribution is -2.31. The minimum Gasteiger partial charge on any atom is -0.358 e. The van der Waals surface area contributed by atoms with E-state index in [0.717, 1.165) is 73.4 Å². The predicted octanol–water partition coefficient (Wildman–Crippen LogP) is 4.48. The molecule has 0 unspecified atom stereocenters. The van der Waals surface area contributed by atoms with Gasteiger partial charge in [-0.3, -0.25) is 19.9 Å². The smallest absolute Gasteiger partial charge is 0.0593 e. The zero-order chi connectivity index (χ0) is 24.5. The molecule has 0 bridgehead atoms. The first kappa shape index (κ1) is 25.4. The molecule has 0 saturated heterocycles. The van der Waals surface area contributed by atoms with Crippen LogP contribution in [0.2, 0.25) is 0 Å². The van der Waals surface area contributed by atoms with E-state index < -0.39 is 0 Å². The second kappa shape index (κ2) is 12.3. The molecule has 0 aliphatic rings. The molecular weight excluding hydrogens is 422 g/mol. The van der Waals surface area contributed by atoms with Crippen molar-refractivity contribution in [3.8, 4) is 0 Å². The van der Waals surface area contributed by atoms with Crippen molar-refractivity contribution >= 4 is 18.6 Å². The second-order valence-electron chi connectivity index (χ2n) is 9.09. The van der Waals surface area contributed by atoms with Crippen LogP contribution in [0.4, 0.5) is 0 Å². The van der Waals surface area contributed by atoms with Crippen LogP contribution in [0.1, 0.15) is 50.9 Å². The number of nitrogens with zero attached hydrogens (tertiary/aromatic N) is 4. The highest BCUT2D eigenvalue weighted by Crippen LogP contribution is 2.08. The predicted molar refractivity (Wildman–Crippen MR) is 145 cm³/mol. The van der Waals surface area contributed by atoms with Crippen molar-refractivity contribution in [2.75, 3.05) is 39.3 Å². The fourth-order valence-corrected chi connectivity index (χ4v) is 4.05. The van der Waals surface area contributed by atoms with Gasteiger partial charge in [-0.1, -0.05) is 0 Å². The third-order valence-corrected chi connectivity index (χ3v) is 5.87. The lowest BCUT2D eigenvalue weighted by molar-refractivity contribution is 0.298. The van der Waals surface area contributed by atoms with Crippen LogP contribution in [0.3, 0.4) is 0 Å². The molecule has 7 heteroatoms. The lowest BCUT2D eigenvalue weighted by Gasteiger charge is -2.19. The molecule has 0 radical (unpaired) electrons. The number of aromatic nitrogens is 3. The summed E-state index contributed by atoms with van der Waals surface area (Å²) in [5, 5.41) is 0. The largest absolute Gasteiger partial charge is 0.358 e. The van der Waals surface area contributed by atoms with Gasteiger partial charge in [-0.05, 0) is 76.4 Å². The molecule has 0 fully saturated rings. The van der Waals surface area contributed by atoms with E-state index in [0.29, 0.717) is 0 Å². The quantitative estimate of drug-likeness (QED) is 0.341. The lowest BCUT2D eigenvalue weighted by atomic mass is 10.3. The summed E-state index contributed by atoms with van der Waals surface area (Å²) in [4.78, 5) is 26.4. The average molecular weight is 462 g/mol. The highest BCUT2D eigenvalue weighted by Gasteiger charge is 2.05. The highest BCUT2D eigenvalue weighted by molar-refractivity contribution is 5.80. The zero-order valence-corrected chi connectivity index (χ0v) is 21.5. The Morgan fingerprint density at radius 1 is 0.559 bits per heavy atom. The fraction of sp³-hybridized carbons (Fsp3) is 0.444. The normalized spacial score (nSPS) is 12.4. The van der Waals surface area contributed by atoms with Gasteiger partial charge < -0.3 is 15.0 Å². The van der Waals surface area contributed by atoms with Gasteiger partial charge in [0.2, 0.25) is 0 Å². The Balaban J connectivity index is 1.53. The molecule has 7 nitrogen and oxygen atoms in total. The van der Waals surface area contributed by atoms with Crippen LogP contribution in [0.5, 0.6) is 0 Å². The zero-order valence-electron chi connectivity index (χ0n) is 21.5. The Hall–Kier alpha value is -3.19. The number of hydrogen-bond acceptors (Lipinski definition) is 4. The molecule has 0 amide bonds. The van der Waals surface area contributed by atoms with Gasteiger partial charge in [0.05, 0.1) is 36.7 Å². The summed E-state index contributed by atoms with van der Waals surface area (Å²) >= 11 is 0. The molecule has 0 atom stereocenters. The van der Waals surface area contributed by atoms with Gasteiger partial charge in [0.25, 0.3) is 0 Å². The number of aryl methyl sites for hydroxylation is 6. The fourth-order valence-electron chi connectivity index (χ4n) is 4.05. The van der Waals surface area contributed by atoms with Crippen molar-refractivity contribution in [3.05, 3.63) is 69.1 Å². The molecule has 0 aliphatic carbocycles. The maximum Gasteiger partial charge on any atom is 0.0593 e. The first-order valence-corrected chi connectivity index (χ1v) is 12.0. The number of nitrogens with one attached hydrogen (secondary N) is 3. The van der Waals surface area contributed by atoms with Crippen LogP contribution in [-0.2, 0) is 0 Å². The Bertz CT molecular complexity index is 997. The van der Waals surface area contributed by atoms with Crippen LogP contribution in [0.15, 0.2) is 33.2 Å². The molecular formula is C27H39N7. The first-order chi connectivity index (χ1) is 16.3. The topological polar surface area (TPSA) is 87.7 Å². The van der Waals surface area contributed by atoms with E-state index >= 15 is 0 Å². The first-order valence-electron chi connectivity index (χ1n) is 12.0. The number of aromatic amines is 3. The van der Waals surface area contributed by atoms with Gasteiger partial charge in [-0.2, -0.15) is 0 Å². The molecule has 34 heavy (non-hydrogen) atoms. The van der Waals surface area contributed by atoms with E-state index in [1.165, 1.54) is 16.7 Å². The summed E-state index contributed by atoms with van der Waals surface area (Å²) in [7, 11) is 0. The van der Waals surface area contributed by atoms with Gasteiger partial charge in [0.1, 0.15) is 0 Å². The van der Waals surface area contributed by atoms with Gasteiger partial charge in [0, 0.05) is 55.4 Å². The molecule has 3 N–H and O–H groups in total. The molecule has 3 rings (SSSR count). The van der Waals surface area contributed by atoms with Crippen molar-refractivity contribution in [1.82, 2.24) is 19.9 Å². The summed E-state index contributed by atoms with van der Waals surface area (Å²) in [6.07, 6.45) is 5.84. The Labute approximate surface area is 203 Å². The standard InChI is InChI=1S/C27H39N7/c1-19-13-22(4)31-25(19)16-28-7-10-34(11-8-29-17-26-20(2)14-23(5)32-26)12-9-30-18-27-21(3)15-24(6)33-27/h13-18,31-33H,7-12H2,1-6H3. The van der Waals surface area contributed by atoms with Crippen molar-refractivity contribution in [2.45, 2.75) is 41.5 Å². The number of aliphatic imine (C=N–C) groups is 3. The van der Waals surface area contributed by atoms with Crippen LogP contribution in [0.25, 0.3) is 0 Å². The Kier molecular flexibility index (Phi) is 9.22. The maximum absolute atomic E-state index is 4.65. The molecule has 0 aliphatic heterocycles. The molecule has 3 aromatic heterocycles. The third-order valence-electron chi connectivity index (χ3n) is 5.87. The minimum absolute atomic E-state index is 0.745. The maximum atomic E-state index is 4.65. The summed E-state index contributed by atoms with van der Waals surface area (Å²) in [6, 6.07) is 6.43. The molecule has 0 saturated carbocycles. The van der Waals surface area contributed by atoms with Gasteiger partial charge in [-0.15, -0.1) is 0 Å². The van der Waals surface area contributed by atoms with Crippen LogP contribution in [0, 0.1) is 41.5 Å². The molecule has 3 aromatic rings. The summed E-state index contributed by atoms with van der Waals surface area (Å²) < 4.78 is 0. The molecule has 0 aromatic carbocycles. The monoisotopic (exact) mass is 461 g/mol. The minimum atomic E-state index is 0.745.